The molecule has 0 heterocycles. The molecule has 0 aromatic carbocycles. The van der Waals surface area contributed by atoms with Crippen molar-refractivity contribution < 1.29 is 32.3 Å². The van der Waals surface area contributed by atoms with Crippen LogP contribution in [0.5, 0.6) is 0 Å². The fraction of sp³-hybridized carbons (Fsp3) is 0.833. The number of allylic oxidation sites excluding steroid dienone is 2. The second-order valence-corrected chi connectivity index (χ2v) is 5.71. The van der Waals surface area contributed by atoms with E-state index in [1.807, 2.05) is 0 Å². The quantitative estimate of drug-likeness (QED) is 0.230. The number of rotatable bonds is 15. The molecule has 2 nitrogen and oxygen atoms in total. The van der Waals surface area contributed by atoms with Crippen LogP contribution in [0.25, 0.3) is 0 Å². The van der Waals surface area contributed by atoms with Gasteiger partial charge in [0, 0.05) is 5.97 Å². The molecule has 0 aliphatic rings. The van der Waals surface area contributed by atoms with Gasteiger partial charge < -0.3 is 9.90 Å². The van der Waals surface area contributed by atoms with E-state index >= 15 is 0 Å². The molecule has 0 spiro atoms. The number of hydrogen-bond donors (Lipinski definition) is 0. The van der Waals surface area contributed by atoms with Crippen LogP contribution in [0, 0.1) is 0 Å². The van der Waals surface area contributed by atoms with Gasteiger partial charge in [-0.05, 0) is 38.5 Å². The molecule has 21 heavy (non-hydrogen) atoms. The third-order valence-corrected chi connectivity index (χ3v) is 3.64. The second kappa shape index (κ2) is 20.0. The van der Waals surface area contributed by atoms with Crippen molar-refractivity contribution in [2.24, 2.45) is 0 Å². The fourth-order valence-electron chi connectivity index (χ4n) is 2.34. The number of hydrogen-bond acceptors (Lipinski definition) is 2. The number of carboxylic acid groups (broad SMARTS) is 1. The minimum absolute atomic E-state index is 0. The van der Waals surface area contributed by atoms with Crippen LogP contribution < -0.4 is 5.11 Å². The van der Waals surface area contributed by atoms with Gasteiger partial charge >= 0.3 is 22.4 Å². The van der Waals surface area contributed by atoms with E-state index in [9.17, 15) is 9.90 Å². The molecule has 0 rings (SSSR count). The van der Waals surface area contributed by atoms with Gasteiger partial charge in [0.25, 0.3) is 0 Å². The molecule has 0 bridgehead atoms. The number of carboxylic acids is 1. The SMILES string of the molecule is CCCCCC/C=C\CCCCCCCCCC(=O)[O-].[Ag+]. The molecule has 0 aliphatic carbocycles. The maximum atomic E-state index is 10.2. The fourth-order valence-corrected chi connectivity index (χ4v) is 2.34. The summed E-state index contributed by atoms with van der Waals surface area (Å²) in [5.74, 6) is -0.911. The molecular weight excluding hydrogens is 356 g/mol. The van der Waals surface area contributed by atoms with Crippen molar-refractivity contribution >= 4 is 5.97 Å². The van der Waals surface area contributed by atoms with Crippen LogP contribution in [0.15, 0.2) is 12.2 Å². The minimum atomic E-state index is -0.911. The van der Waals surface area contributed by atoms with Crippen molar-refractivity contribution in [3.63, 3.8) is 0 Å². The van der Waals surface area contributed by atoms with Crippen molar-refractivity contribution in [2.75, 3.05) is 0 Å². The topological polar surface area (TPSA) is 40.1 Å². The normalized spacial score (nSPS) is 10.7. The van der Waals surface area contributed by atoms with E-state index in [4.69, 9.17) is 0 Å². The maximum Gasteiger partial charge on any atom is 1.00 e. The zero-order valence-electron chi connectivity index (χ0n) is 13.7. The van der Waals surface area contributed by atoms with E-state index in [1.165, 1.54) is 70.6 Å². The van der Waals surface area contributed by atoms with Gasteiger partial charge in [0.1, 0.15) is 0 Å². The Labute approximate surface area is 147 Å². The number of unbranched alkanes of at least 4 members (excludes halogenated alkanes) is 11. The van der Waals surface area contributed by atoms with Crippen LogP contribution in [-0.4, -0.2) is 5.97 Å². The van der Waals surface area contributed by atoms with Crippen LogP contribution in [-0.2, 0) is 27.2 Å². The van der Waals surface area contributed by atoms with Crippen molar-refractivity contribution in [2.45, 2.75) is 96.8 Å². The Kier molecular flexibility index (Phi) is 22.1. The van der Waals surface area contributed by atoms with Gasteiger partial charge in [-0.2, -0.15) is 0 Å². The average Bonchev–Trinajstić information content (AvgIpc) is 2.43. The summed E-state index contributed by atoms with van der Waals surface area (Å²) >= 11 is 0. The van der Waals surface area contributed by atoms with Crippen LogP contribution in [0.3, 0.4) is 0 Å². The number of aliphatic carboxylic acids is 1. The van der Waals surface area contributed by atoms with E-state index in [2.05, 4.69) is 19.1 Å². The van der Waals surface area contributed by atoms with Crippen molar-refractivity contribution in [1.29, 1.82) is 0 Å². The van der Waals surface area contributed by atoms with Crippen LogP contribution in [0.4, 0.5) is 0 Å². The first kappa shape index (κ1) is 23.2. The summed E-state index contributed by atoms with van der Waals surface area (Å²) in [4.78, 5) is 10.2. The Bertz CT molecular complexity index is 239. The molecule has 0 fully saturated rings. The minimum Gasteiger partial charge on any atom is -0.550 e. The summed E-state index contributed by atoms with van der Waals surface area (Å²) in [5.41, 5.74) is 0. The van der Waals surface area contributed by atoms with Crippen molar-refractivity contribution in [3.05, 3.63) is 12.2 Å². The van der Waals surface area contributed by atoms with Crippen LogP contribution >= 0.6 is 0 Å². The first-order valence-electron chi connectivity index (χ1n) is 8.62. The van der Waals surface area contributed by atoms with Crippen LogP contribution in [0.2, 0.25) is 0 Å². The molecule has 0 amide bonds. The Hall–Kier alpha value is -0.0497. The predicted molar refractivity (Wildman–Crippen MR) is 84.5 cm³/mol. The summed E-state index contributed by atoms with van der Waals surface area (Å²) in [6.07, 6.45) is 20.9. The molecule has 0 aromatic heterocycles. The summed E-state index contributed by atoms with van der Waals surface area (Å²) in [5, 5.41) is 10.2. The molecule has 3 heteroatoms. The van der Waals surface area contributed by atoms with Gasteiger partial charge in [-0.15, -0.1) is 0 Å². The summed E-state index contributed by atoms with van der Waals surface area (Å²) in [6.45, 7) is 2.25. The zero-order chi connectivity index (χ0) is 14.9. The smallest absolute Gasteiger partial charge is 0.550 e. The molecule has 0 aromatic rings. The van der Waals surface area contributed by atoms with E-state index < -0.39 is 5.97 Å². The van der Waals surface area contributed by atoms with Gasteiger partial charge in [-0.1, -0.05) is 70.4 Å². The summed E-state index contributed by atoms with van der Waals surface area (Å²) in [7, 11) is 0. The van der Waals surface area contributed by atoms with Gasteiger partial charge in [0.15, 0.2) is 0 Å². The van der Waals surface area contributed by atoms with E-state index in [-0.39, 0.29) is 28.8 Å². The van der Waals surface area contributed by atoms with Gasteiger partial charge in [0.2, 0.25) is 0 Å². The van der Waals surface area contributed by atoms with Crippen molar-refractivity contribution in [3.8, 4) is 0 Å². The Morgan fingerprint density at radius 3 is 1.67 bits per heavy atom. The first-order chi connectivity index (χ1) is 9.77. The molecule has 0 N–H and O–H groups in total. The largest absolute Gasteiger partial charge is 1.00 e. The molecule has 128 valence electrons. The number of carbonyl (C=O) groups is 1. The molecular formula is C18H33AgO2. The summed E-state index contributed by atoms with van der Waals surface area (Å²) in [6, 6.07) is 0. The Morgan fingerprint density at radius 1 is 0.762 bits per heavy atom. The third kappa shape index (κ3) is 22.4. The maximum absolute atomic E-state index is 10.2. The molecule has 0 unspecified atom stereocenters. The molecule has 0 saturated carbocycles. The average molecular weight is 389 g/mol. The first-order valence-corrected chi connectivity index (χ1v) is 8.62. The molecule has 0 aliphatic heterocycles. The third-order valence-electron chi connectivity index (χ3n) is 3.64. The van der Waals surface area contributed by atoms with E-state index in [0.717, 1.165) is 12.8 Å². The van der Waals surface area contributed by atoms with Gasteiger partial charge in [0.05, 0.1) is 0 Å². The standard InChI is InChI=1S/C18H34O2.Ag/c1-2-3-4-5-6-7-8-9-10-11-12-13-14-15-16-17-18(19)20;/h7-8H,2-6,9-17H2,1H3,(H,19,20);/q;+1/p-1/b8-7-;. The van der Waals surface area contributed by atoms with Crippen LogP contribution in [0.1, 0.15) is 96.8 Å². The van der Waals surface area contributed by atoms with Crippen molar-refractivity contribution in [1.82, 2.24) is 0 Å². The monoisotopic (exact) mass is 388 g/mol. The molecule has 0 radical (unpaired) electrons. The molecule has 0 atom stereocenters. The van der Waals surface area contributed by atoms with Gasteiger partial charge in [-0.25, -0.2) is 0 Å². The Morgan fingerprint density at radius 2 is 1.19 bits per heavy atom. The number of carbonyl (C=O) groups excluding carboxylic acids is 1. The second-order valence-electron chi connectivity index (χ2n) is 5.71. The van der Waals surface area contributed by atoms with Gasteiger partial charge in [-0.3, -0.25) is 0 Å². The Balaban J connectivity index is 0. The predicted octanol–water partition coefficient (Wildman–Crippen LogP) is 4.77. The summed E-state index contributed by atoms with van der Waals surface area (Å²) < 4.78 is 0. The zero-order valence-corrected chi connectivity index (χ0v) is 15.2. The van der Waals surface area contributed by atoms with E-state index in [1.54, 1.807) is 0 Å². The van der Waals surface area contributed by atoms with E-state index in [0.29, 0.717) is 0 Å². The molecule has 0 saturated heterocycles.